The Bertz CT molecular complexity index is 3130. The van der Waals surface area contributed by atoms with Crippen LogP contribution in [0.25, 0.3) is 110 Å². The van der Waals surface area contributed by atoms with Crippen molar-refractivity contribution in [1.82, 2.24) is 15.0 Å². The Morgan fingerprint density at radius 3 is 1.85 bits per heavy atom. The van der Waals surface area contributed by atoms with Crippen LogP contribution in [0.5, 0.6) is 0 Å². The van der Waals surface area contributed by atoms with Gasteiger partial charge in [-0.1, -0.05) is 133 Å². The Labute approximate surface area is 305 Å². The van der Waals surface area contributed by atoms with Crippen molar-refractivity contribution in [2.24, 2.45) is 0 Å². The zero-order valence-corrected chi connectivity index (χ0v) is 28.5. The van der Waals surface area contributed by atoms with Crippen LogP contribution < -0.4 is 0 Å². The van der Waals surface area contributed by atoms with Gasteiger partial charge in [-0.15, -0.1) is 0 Å². The van der Waals surface area contributed by atoms with E-state index in [0.717, 1.165) is 72.3 Å². The lowest BCUT2D eigenvalue weighted by Crippen LogP contribution is -1.97. The van der Waals surface area contributed by atoms with E-state index < -0.39 is 0 Å². The van der Waals surface area contributed by atoms with Crippen LogP contribution in [-0.2, 0) is 0 Å². The molecule has 0 spiro atoms. The third-order valence-corrected chi connectivity index (χ3v) is 10.6. The number of aromatic nitrogens is 3. The van der Waals surface area contributed by atoms with E-state index in [-0.39, 0.29) is 0 Å². The average molecular weight is 676 g/mol. The molecule has 0 bridgehead atoms. The van der Waals surface area contributed by atoms with Crippen LogP contribution in [0.15, 0.2) is 181 Å². The quantitative estimate of drug-likeness (QED) is 0.170. The number of para-hydroxylation sites is 1. The predicted molar refractivity (Wildman–Crippen MR) is 218 cm³/mol. The summed E-state index contributed by atoms with van der Waals surface area (Å²) in [5.74, 6) is 0.683. The Hall–Kier alpha value is -7.17. The highest BCUT2D eigenvalue weighted by molar-refractivity contribution is 6.25. The number of hydrogen-bond donors (Lipinski definition) is 0. The lowest BCUT2D eigenvalue weighted by atomic mass is 9.91. The summed E-state index contributed by atoms with van der Waals surface area (Å²) in [6.45, 7) is 0. The molecular formula is C49H29N3O. The number of benzene rings is 8. The summed E-state index contributed by atoms with van der Waals surface area (Å²) < 4.78 is 6.09. The van der Waals surface area contributed by atoms with Crippen molar-refractivity contribution in [2.75, 3.05) is 0 Å². The van der Waals surface area contributed by atoms with Crippen LogP contribution in [-0.4, -0.2) is 15.0 Å². The van der Waals surface area contributed by atoms with Crippen molar-refractivity contribution in [3.05, 3.63) is 176 Å². The highest BCUT2D eigenvalue weighted by atomic mass is 16.3. The van der Waals surface area contributed by atoms with Crippen LogP contribution in [0.2, 0.25) is 0 Å². The van der Waals surface area contributed by atoms with E-state index in [1.165, 1.54) is 32.3 Å². The highest BCUT2D eigenvalue weighted by Crippen LogP contribution is 2.40. The minimum Gasteiger partial charge on any atom is -0.456 e. The van der Waals surface area contributed by atoms with Crippen LogP contribution in [0, 0.1) is 0 Å². The number of furan rings is 1. The van der Waals surface area contributed by atoms with Crippen LogP contribution in [0.4, 0.5) is 0 Å². The van der Waals surface area contributed by atoms with E-state index in [2.05, 4.69) is 151 Å². The molecule has 246 valence electrons. The maximum atomic E-state index is 6.09. The first-order chi connectivity index (χ1) is 26.2. The molecule has 0 radical (unpaired) electrons. The molecule has 3 aromatic heterocycles. The van der Waals surface area contributed by atoms with Crippen molar-refractivity contribution < 1.29 is 4.42 Å². The number of fused-ring (bicyclic) bond motifs is 3. The lowest BCUT2D eigenvalue weighted by Gasteiger charge is -2.15. The maximum absolute atomic E-state index is 6.09. The molecule has 0 aliphatic rings. The Morgan fingerprint density at radius 2 is 1.04 bits per heavy atom. The zero-order valence-electron chi connectivity index (χ0n) is 28.5. The average Bonchev–Trinajstić information content (AvgIpc) is 3.61. The van der Waals surface area contributed by atoms with Gasteiger partial charge >= 0.3 is 0 Å². The van der Waals surface area contributed by atoms with Gasteiger partial charge in [-0.3, -0.25) is 4.98 Å². The van der Waals surface area contributed by atoms with E-state index >= 15 is 0 Å². The van der Waals surface area contributed by atoms with Gasteiger partial charge < -0.3 is 4.42 Å². The molecule has 0 unspecified atom stereocenters. The van der Waals surface area contributed by atoms with Gasteiger partial charge in [0.05, 0.1) is 11.4 Å². The predicted octanol–water partition coefficient (Wildman–Crippen LogP) is 13.0. The Kier molecular flexibility index (Phi) is 6.52. The van der Waals surface area contributed by atoms with Gasteiger partial charge in [-0.25, -0.2) is 9.97 Å². The van der Waals surface area contributed by atoms with Gasteiger partial charge in [0.1, 0.15) is 11.2 Å². The third kappa shape index (κ3) is 4.88. The zero-order chi connectivity index (χ0) is 34.9. The van der Waals surface area contributed by atoms with E-state index in [9.17, 15) is 0 Å². The van der Waals surface area contributed by atoms with Gasteiger partial charge in [-0.2, -0.15) is 0 Å². The second kappa shape index (κ2) is 11.7. The van der Waals surface area contributed by atoms with Crippen molar-refractivity contribution in [3.8, 4) is 56.2 Å². The minimum atomic E-state index is 0.683. The van der Waals surface area contributed by atoms with Crippen molar-refractivity contribution in [2.45, 2.75) is 0 Å². The van der Waals surface area contributed by atoms with E-state index in [0.29, 0.717) is 5.82 Å². The molecule has 11 rings (SSSR count). The number of hydrogen-bond acceptors (Lipinski definition) is 4. The van der Waals surface area contributed by atoms with Gasteiger partial charge in [0.2, 0.25) is 0 Å². The highest BCUT2D eigenvalue weighted by Gasteiger charge is 2.17. The molecule has 3 heterocycles. The first kappa shape index (κ1) is 29.5. The molecule has 0 N–H and O–H groups in total. The molecule has 8 aromatic carbocycles. The fourth-order valence-electron chi connectivity index (χ4n) is 7.91. The summed E-state index contributed by atoms with van der Waals surface area (Å²) in [5.41, 5.74) is 11.1. The van der Waals surface area contributed by atoms with Gasteiger partial charge in [-0.05, 0) is 84.9 Å². The Morgan fingerprint density at radius 1 is 0.377 bits per heavy atom. The van der Waals surface area contributed by atoms with Crippen molar-refractivity contribution in [3.63, 3.8) is 0 Å². The van der Waals surface area contributed by atoms with Crippen molar-refractivity contribution in [1.29, 1.82) is 0 Å². The van der Waals surface area contributed by atoms with Crippen LogP contribution in [0.3, 0.4) is 0 Å². The van der Waals surface area contributed by atoms with E-state index in [1.54, 1.807) is 6.20 Å². The number of rotatable bonds is 5. The van der Waals surface area contributed by atoms with Crippen LogP contribution in [0.1, 0.15) is 0 Å². The third-order valence-electron chi connectivity index (χ3n) is 10.6. The molecule has 0 saturated carbocycles. The molecule has 0 aliphatic heterocycles. The van der Waals surface area contributed by atoms with E-state index in [1.807, 2.05) is 24.4 Å². The molecule has 53 heavy (non-hydrogen) atoms. The topological polar surface area (TPSA) is 51.8 Å². The number of pyridine rings is 1. The second-order valence-corrected chi connectivity index (χ2v) is 13.6. The second-order valence-electron chi connectivity index (χ2n) is 13.6. The van der Waals surface area contributed by atoms with Gasteiger partial charge in [0, 0.05) is 39.9 Å². The first-order valence-corrected chi connectivity index (χ1v) is 17.8. The van der Waals surface area contributed by atoms with Gasteiger partial charge in [0.25, 0.3) is 0 Å². The first-order valence-electron chi connectivity index (χ1n) is 17.8. The molecule has 4 nitrogen and oxygen atoms in total. The molecular weight excluding hydrogens is 647 g/mol. The molecule has 0 atom stereocenters. The summed E-state index contributed by atoms with van der Waals surface area (Å²) in [7, 11) is 0. The Balaban J connectivity index is 1.05. The summed E-state index contributed by atoms with van der Waals surface area (Å²) in [5, 5.41) is 9.72. The summed E-state index contributed by atoms with van der Waals surface area (Å²) in [6, 6.07) is 57.8. The number of nitrogens with zero attached hydrogens (tertiary/aromatic N) is 3. The molecule has 11 aromatic rings. The van der Waals surface area contributed by atoms with Crippen LogP contribution >= 0.6 is 0 Å². The fourth-order valence-corrected chi connectivity index (χ4v) is 7.91. The summed E-state index contributed by atoms with van der Waals surface area (Å²) in [6.07, 6.45) is 3.68. The molecule has 4 heteroatoms. The fraction of sp³-hybridized carbons (Fsp3) is 0. The largest absolute Gasteiger partial charge is 0.456 e. The normalized spacial score (nSPS) is 11.8. The summed E-state index contributed by atoms with van der Waals surface area (Å²) >= 11 is 0. The molecule has 0 aliphatic carbocycles. The monoisotopic (exact) mass is 675 g/mol. The summed E-state index contributed by atoms with van der Waals surface area (Å²) in [4.78, 5) is 14.8. The molecule has 0 fully saturated rings. The molecule has 0 saturated heterocycles. The van der Waals surface area contributed by atoms with E-state index in [4.69, 9.17) is 14.4 Å². The van der Waals surface area contributed by atoms with Crippen molar-refractivity contribution >= 4 is 54.3 Å². The van der Waals surface area contributed by atoms with Gasteiger partial charge in [0.15, 0.2) is 5.82 Å². The maximum Gasteiger partial charge on any atom is 0.160 e. The molecule has 0 amide bonds. The smallest absolute Gasteiger partial charge is 0.160 e. The lowest BCUT2D eigenvalue weighted by molar-refractivity contribution is 0.669. The minimum absolute atomic E-state index is 0.683. The standard InChI is InChI=1S/C49H29N3O/c1-2-9-45-40(8-1)42-27-37(22-25-46(42)53-45)30-10-14-32(15-11-30)43-28-44(52-49(51-43)36-18-12-31(13-19-36)38-7-4-26-50-29-38)39-23-20-35-17-16-33-5-3-6-34-21-24-41(39)48(35)47(33)34/h1-29H. The SMILES string of the molecule is c1cncc(-c2ccc(-c3nc(-c4ccc(-c5ccc6oc7ccccc7c6c5)cc4)cc(-c4ccc5ccc6cccc7ccc4c5c67)n3)cc2)c1.